The Morgan fingerprint density at radius 3 is 3.12 bits per heavy atom. The first kappa shape index (κ1) is 16.3. The number of hydrogen-bond acceptors (Lipinski definition) is 6. The molecule has 1 N–H and O–H groups in total. The number of fused-ring (bicyclic) bond motifs is 3. The lowest BCUT2D eigenvalue weighted by Gasteiger charge is -2.11. The van der Waals surface area contributed by atoms with Gasteiger partial charge in [0.05, 0.1) is 11.9 Å². The van der Waals surface area contributed by atoms with Crippen molar-refractivity contribution in [2.45, 2.75) is 50.2 Å². The number of carbonyl (C=O) groups is 1. The third-order valence-corrected chi connectivity index (χ3v) is 6.70. The van der Waals surface area contributed by atoms with Crippen molar-refractivity contribution in [3.63, 3.8) is 0 Å². The van der Waals surface area contributed by atoms with Crippen LogP contribution in [0.2, 0.25) is 0 Å². The number of rotatable bonds is 5. The van der Waals surface area contributed by atoms with Crippen LogP contribution in [0.5, 0.6) is 0 Å². The Balaban J connectivity index is 1.45. The van der Waals surface area contributed by atoms with E-state index in [4.69, 9.17) is 4.74 Å². The van der Waals surface area contributed by atoms with Crippen molar-refractivity contribution < 1.29 is 9.53 Å². The summed E-state index contributed by atoms with van der Waals surface area (Å²) >= 11 is 3.32. The summed E-state index contributed by atoms with van der Waals surface area (Å²) in [7, 11) is 0. The van der Waals surface area contributed by atoms with Gasteiger partial charge in [0, 0.05) is 23.4 Å². The Kier molecular flexibility index (Phi) is 4.74. The van der Waals surface area contributed by atoms with E-state index in [1.54, 1.807) is 11.3 Å². The van der Waals surface area contributed by atoms with Crippen molar-refractivity contribution in [1.82, 2.24) is 15.3 Å². The van der Waals surface area contributed by atoms with Crippen LogP contribution in [0.4, 0.5) is 0 Å². The molecule has 0 saturated carbocycles. The van der Waals surface area contributed by atoms with Crippen LogP contribution < -0.4 is 5.32 Å². The predicted octanol–water partition coefficient (Wildman–Crippen LogP) is 2.88. The average Bonchev–Trinajstić information content (AvgIpc) is 3.26. The lowest BCUT2D eigenvalue weighted by atomic mass is 10.2. The minimum Gasteiger partial charge on any atom is -0.376 e. The zero-order valence-corrected chi connectivity index (χ0v) is 15.4. The van der Waals surface area contributed by atoms with Crippen LogP contribution in [0, 0.1) is 6.92 Å². The van der Waals surface area contributed by atoms with Gasteiger partial charge in [-0.25, -0.2) is 9.97 Å². The highest BCUT2D eigenvalue weighted by Crippen LogP contribution is 2.40. The van der Waals surface area contributed by atoms with E-state index in [0.717, 1.165) is 48.0 Å². The van der Waals surface area contributed by atoms with E-state index in [2.05, 4.69) is 15.3 Å². The highest BCUT2D eigenvalue weighted by atomic mass is 32.2. The number of thioether (sulfide) groups is 1. The number of aryl methyl sites for hydroxylation is 3. The number of carbonyl (C=O) groups excluding carboxylic acids is 1. The van der Waals surface area contributed by atoms with Gasteiger partial charge < -0.3 is 10.1 Å². The molecule has 1 aliphatic carbocycles. The highest BCUT2D eigenvalue weighted by molar-refractivity contribution is 8.00. The van der Waals surface area contributed by atoms with E-state index in [-0.39, 0.29) is 12.0 Å². The van der Waals surface area contributed by atoms with Gasteiger partial charge in [-0.05, 0) is 44.6 Å². The monoisotopic (exact) mass is 363 g/mol. The van der Waals surface area contributed by atoms with Gasteiger partial charge in [-0.1, -0.05) is 11.8 Å². The second-order valence-electron chi connectivity index (χ2n) is 6.34. The summed E-state index contributed by atoms with van der Waals surface area (Å²) in [6.07, 6.45) is 5.81. The fraction of sp³-hybridized carbons (Fsp3) is 0.588. The normalized spacial score (nSPS) is 19.8. The van der Waals surface area contributed by atoms with E-state index in [1.165, 1.54) is 34.0 Å². The molecule has 1 amide bonds. The molecule has 0 radical (unpaired) electrons. The summed E-state index contributed by atoms with van der Waals surface area (Å²) < 4.78 is 5.54. The van der Waals surface area contributed by atoms with Crippen molar-refractivity contribution in [3.05, 3.63) is 16.3 Å². The maximum atomic E-state index is 12.1. The van der Waals surface area contributed by atoms with Gasteiger partial charge in [0.2, 0.25) is 5.91 Å². The third kappa shape index (κ3) is 3.30. The summed E-state index contributed by atoms with van der Waals surface area (Å²) in [4.78, 5) is 23.9. The van der Waals surface area contributed by atoms with Gasteiger partial charge in [-0.2, -0.15) is 0 Å². The van der Waals surface area contributed by atoms with Gasteiger partial charge in [0.25, 0.3) is 0 Å². The Hall–Kier alpha value is -1.18. The van der Waals surface area contributed by atoms with Gasteiger partial charge in [-0.15, -0.1) is 11.3 Å². The second-order valence-corrected chi connectivity index (χ2v) is 8.39. The van der Waals surface area contributed by atoms with Crippen LogP contribution in [0.15, 0.2) is 5.03 Å². The largest absolute Gasteiger partial charge is 0.376 e. The fourth-order valence-electron chi connectivity index (χ4n) is 3.39. The average molecular weight is 364 g/mol. The third-order valence-electron chi connectivity index (χ3n) is 4.53. The molecule has 1 aliphatic heterocycles. The smallest absolute Gasteiger partial charge is 0.230 e. The number of nitrogens with zero attached hydrogens (tertiary/aromatic N) is 2. The van der Waals surface area contributed by atoms with Crippen molar-refractivity contribution in [1.29, 1.82) is 0 Å². The van der Waals surface area contributed by atoms with Crippen LogP contribution in [0.25, 0.3) is 10.2 Å². The molecular weight excluding hydrogens is 342 g/mol. The van der Waals surface area contributed by atoms with Crippen LogP contribution in [0.1, 0.15) is 35.5 Å². The Morgan fingerprint density at radius 2 is 2.29 bits per heavy atom. The molecule has 1 fully saturated rings. The number of aromatic nitrogens is 2. The number of ether oxygens (including phenoxy) is 1. The Morgan fingerprint density at radius 1 is 1.38 bits per heavy atom. The maximum Gasteiger partial charge on any atom is 0.230 e. The standard InChI is InChI=1S/C17H21N3O2S2/c1-10-19-16(15-12-5-2-6-13(12)24-17(15)20-10)23-9-14(21)18-8-11-4-3-7-22-11/h11H,2-9H2,1H3,(H,18,21)/t11-/m0/s1. The van der Waals surface area contributed by atoms with Gasteiger partial charge >= 0.3 is 0 Å². The van der Waals surface area contributed by atoms with Crippen molar-refractivity contribution in [2.24, 2.45) is 0 Å². The SMILES string of the molecule is Cc1nc(SCC(=O)NC[C@@H]2CCCO2)c2c3c(sc2n1)CCC3. The van der Waals surface area contributed by atoms with E-state index >= 15 is 0 Å². The van der Waals surface area contributed by atoms with E-state index in [1.807, 2.05) is 6.92 Å². The molecule has 4 rings (SSSR count). The molecule has 0 spiro atoms. The summed E-state index contributed by atoms with van der Waals surface area (Å²) in [5.74, 6) is 1.22. The molecule has 3 heterocycles. The molecule has 0 unspecified atom stereocenters. The quantitative estimate of drug-likeness (QED) is 0.654. The number of nitrogens with one attached hydrogen (secondary N) is 1. The highest BCUT2D eigenvalue weighted by Gasteiger charge is 2.22. The summed E-state index contributed by atoms with van der Waals surface area (Å²) in [5.41, 5.74) is 1.41. The molecule has 128 valence electrons. The van der Waals surface area contributed by atoms with Crippen LogP contribution >= 0.6 is 23.1 Å². The van der Waals surface area contributed by atoms with E-state index < -0.39 is 0 Å². The molecule has 1 atom stereocenters. The first-order valence-electron chi connectivity index (χ1n) is 8.50. The van der Waals surface area contributed by atoms with E-state index in [9.17, 15) is 4.79 Å². The molecular formula is C17H21N3O2S2. The molecule has 5 nitrogen and oxygen atoms in total. The number of amides is 1. The first-order valence-corrected chi connectivity index (χ1v) is 10.3. The summed E-state index contributed by atoms with van der Waals surface area (Å²) in [6.45, 7) is 3.36. The molecule has 0 aromatic carbocycles. The number of hydrogen-bond donors (Lipinski definition) is 1. The maximum absolute atomic E-state index is 12.1. The molecule has 7 heteroatoms. The van der Waals surface area contributed by atoms with Crippen molar-refractivity contribution >= 4 is 39.2 Å². The van der Waals surface area contributed by atoms with Crippen LogP contribution in [-0.2, 0) is 22.4 Å². The zero-order valence-electron chi connectivity index (χ0n) is 13.8. The minimum absolute atomic E-state index is 0.0480. The molecule has 2 aromatic rings. The van der Waals surface area contributed by atoms with Gasteiger partial charge in [-0.3, -0.25) is 4.79 Å². The molecule has 2 aromatic heterocycles. The molecule has 0 bridgehead atoms. The Labute approximate surface area is 149 Å². The first-order chi connectivity index (χ1) is 11.7. The lowest BCUT2D eigenvalue weighted by Crippen LogP contribution is -2.32. The van der Waals surface area contributed by atoms with Gasteiger partial charge in [0.1, 0.15) is 15.7 Å². The topological polar surface area (TPSA) is 64.1 Å². The van der Waals surface area contributed by atoms with Crippen molar-refractivity contribution in [3.8, 4) is 0 Å². The number of thiophene rings is 1. The van der Waals surface area contributed by atoms with Crippen LogP contribution in [0.3, 0.4) is 0 Å². The van der Waals surface area contributed by atoms with Crippen molar-refractivity contribution in [2.75, 3.05) is 18.9 Å². The summed E-state index contributed by atoms with van der Waals surface area (Å²) in [5, 5.41) is 5.13. The van der Waals surface area contributed by atoms with Crippen LogP contribution in [-0.4, -0.2) is 40.9 Å². The molecule has 2 aliphatic rings. The predicted molar refractivity (Wildman–Crippen MR) is 96.9 cm³/mol. The molecule has 1 saturated heterocycles. The van der Waals surface area contributed by atoms with Gasteiger partial charge in [0.15, 0.2) is 0 Å². The lowest BCUT2D eigenvalue weighted by molar-refractivity contribution is -0.119. The molecule has 24 heavy (non-hydrogen) atoms. The minimum atomic E-state index is 0.0480. The van der Waals surface area contributed by atoms with E-state index in [0.29, 0.717) is 12.3 Å². The fourth-order valence-corrected chi connectivity index (χ4v) is 5.69. The Bertz CT molecular complexity index is 769. The zero-order chi connectivity index (χ0) is 16.5. The summed E-state index contributed by atoms with van der Waals surface area (Å²) in [6, 6.07) is 0. The second kappa shape index (κ2) is 6.98.